The zero-order chi connectivity index (χ0) is 26.1. The summed E-state index contributed by atoms with van der Waals surface area (Å²) in [6.07, 6.45) is 0. The van der Waals surface area contributed by atoms with Crippen molar-refractivity contribution in [1.29, 1.82) is 0 Å². The molecule has 0 fully saturated rings. The van der Waals surface area contributed by atoms with Gasteiger partial charge in [-0.05, 0) is 49.4 Å². The van der Waals surface area contributed by atoms with Gasteiger partial charge < -0.3 is 5.32 Å². The Morgan fingerprint density at radius 3 is 2.46 bits per heavy atom. The second-order valence-electron chi connectivity index (χ2n) is 8.17. The lowest BCUT2D eigenvalue weighted by Gasteiger charge is -2.15. The van der Waals surface area contributed by atoms with Crippen molar-refractivity contribution in [3.05, 3.63) is 105 Å². The molecule has 0 saturated carbocycles. The van der Waals surface area contributed by atoms with E-state index in [0.29, 0.717) is 22.1 Å². The molecule has 2 N–H and O–H groups in total. The lowest BCUT2D eigenvalue weighted by molar-refractivity contribution is -0.120. The molecule has 3 amide bonds. The number of hydrogen-bond acceptors (Lipinski definition) is 6. The third-order valence-electron chi connectivity index (χ3n) is 5.58. The van der Waals surface area contributed by atoms with Gasteiger partial charge >= 0.3 is 0 Å². The summed E-state index contributed by atoms with van der Waals surface area (Å²) in [7, 11) is 0. The molecular weight excluding hydrogens is 576 g/mol. The molecular formula is C27H18BrClN4O3S. The summed E-state index contributed by atoms with van der Waals surface area (Å²) in [5.74, 6) is -1.55. The van der Waals surface area contributed by atoms with Crippen LogP contribution in [0.5, 0.6) is 0 Å². The Hall–Kier alpha value is -3.79. The third kappa shape index (κ3) is 5.20. The molecule has 7 nitrogen and oxygen atoms in total. The Balaban J connectivity index is 1.30. The first-order chi connectivity index (χ1) is 17.8. The van der Waals surface area contributed by atoms with E-state index in [4.69, 9.17) is 11.6 Å². The maximum atomic E-state index is 13.0. The number of rotatable bonds is 6. The molecule has 0 saturated heterocycles. The van der Waals surface area contributed by atoms with Gasteiger partial charge in [0.05, 0.1) is 11.4 Å². The zero-order valence-electron chi connectivity index (χ0n) is 19.3. The van der Waals surface area contributed by atoms with Gasteiger partial charge in [-0.3, -0.25) is 19.7 Å². The van der Waals surface area contributed by atoms with Crippen LogP contribution in [0.25, 0.3) is 11.3 Å². The number of halogens is 2. The Kier molecular flexibility index (Phi) is 6.92. The molecule has 184 valence electrons. The maximum absolute atomic E-state index is 13.0. The van der Waals surface area contributed by atoms with Crippen LogP contribution >= 0.6 is 38.9 Å². The Morgan fingerprint density at radius 1 is 1.00 bits per heavy atom. The number of amides is 3. The molecule has 37 heavy (non-hydrogen) atoms. The van der Waals surface area contributed by atoms with Gasteiger partial charge in [0.1, 0.15) is 10.7 Å². The fourth-order valence-electron chi connectivity index (χ4n) is 3.68. The minimum atomic E-state index is -0.614. The summed E-state index contributed by atoms with van der Waals surface area (Å²) >= 11 is 11.0. The number of nitrogens with one attached hydrogen (secondary N) is 2. The number of carbonyl (C=O) groups excluding carboxylic acids is 3. The number of nitrogens with zero attached hydrogens (tertiary/aromatic N) is 2. The van der Waals surface area contributed by atoms with Gasteiger partial charge in [0, 0.05) is 26.7 Å². The second-order valence-corrected chi connectivity index (χ2v) is 10.3. The fraction of sp³-hybridized carbons (Fsp3) is 0.0370. The summed E-state index contributed by atoms with van der Waals surface area (Å²) in [4.78, 5) is 44.1. The van der Waals surface area contributed by atoms with Crippen LogP contribution in [0.4, 0.5) is 16.5 Å². The molecule has 0 spiro atoms. The molecule has 0 aliphatic carbocycles. The van der Waals surface area contributed by atoms with Crippen molar-refractivity contribution in [3.63, 3.8) is 0 Å². The summed E-state index contributed by atoms with van der Waals surface area (Å²) in [6.45, 7) is 1.91. The van der Waals surface area contributed by atoms with E-state index in [1.807, 2.05) is 48.7 Å². The highest BCUT2D eigenvalue weighted by atomic mass is 79.9. The van der Waals surface area contributed by atoms with E-state index in [9.17, 15) is 14.4 Å². The van der Waals surface area contributed by atoms with Crippen molar-refractivity contribution < 1.29 is 14.4 Å². The molecule has 0 radical (unpaired) electrons. The topological polar surface area (TPSA) is 91.4 Å². The van der Waals surface area contributed by atoms with Crippen LogP contribution in [0.1, 0.15) is 15.9 Å². The average molecular weight is 594 g/mol. The average Bonchev–Trinajstić information content (AvgIpc) is 3.44. The molecule has 0 atom stereocenters. The van der Waals surface area contributed by atoms with E-state index in [1.165, 1.54) is 11.3 Å². The van der Waals surface area contributed by atoms with E-state index in [2.05, 4.69) is 31.5 Å². The van der Waals surface area contributed by atoms with E-state index in [1.54, 1.807) is 36.4 Å². The van der Waals surface area contributed by atoms with Gasteiger partial charge in [0.2, 0.25) is 0 Å². The minimum Gasteiger partial charge on any atom is -0.350 e. The van der Waals surface area contributed by atoms with Gasteiger partial charge in [0.15, 0.2) is 5.13 Å². The van der Waals surface area contributed by atoms with Gasteiger partial charge in [-0.2, -0.15) is 0 Å². The number of anilines is 3. The first-order valence-electron chi connectivity index (χ1n) is 11.1. The quantitative estimate of drug-likeness (QED) is 0.247. The third-order valence-corrected chi connectivity index (χ3v) is 7.22. The number of imide groups is 1. The molecule has 10 heteroatoms. The van der Waals surface area contributed by atoms with E-state index in [-0.39, 0.29) is 16.6 Å². The zero-order valence-corrected chi connectivity index (χ0v) is 22.4. The Bertz CT molecular complexity index is 1570. The van der Waals surface area contributed by atoms with E-state index < -0.39 is 11.8 Å². The predicted molar refractivity (Wildman–Crippen MR) is 150 cm³/mol. The lowest BCUT2D eigenvalue weighted by atomic mass is 10.2. The van der Waals surface area contributed by atoms with Crippen LogP contribution in [-0.2, 0) is 9.59 Å². The molecule has 0 bridgehead atoms. The predicted octanol–water partition coefficient (Wildman–Crippen LogP) is 6.57. The molecule has 5 rings (SSSR count). The van der Waals surface area contributed by atoms with Crippen LogP contribution in [0.15, 0.2) is 93.4 Å². The Labute approximate surface area is 229 Å². The lowest BCUT2D eigenvalue weighted by Crippen LogP contribution is -2.32. The number of aryl methyl sites for hydroxylation is 1. The van der Waals surface area contributed by atoms with Gasteiger partial charge in [0.25, 0.3) is 17.7 Å². The summed E-state index contributed by atoms with van der Waals surface area (Å²) in [5.41, 5.74) is 3.84. The van der Waals surface area contributed by atoms with Crippen molar-refractivity contribution >= 4 is 73.1 Å². The number of carbonyl (C=O) groups is 3. The van der Waals surface area contributed by atoms with Crippen LogP contribution in [0, 0.1) is 6.92 Å². The van der Waals surface area contributed by atoms with Crippen molar-refractivity contribution in [2.24, 2.45) is 0 Å². The van der Waals surface area contributed by atoms with Crippen molar-refractivity contribution in [1.82, 2.24) is 4.98 Å². The highest BCUT2D eigenvalue weighted by Gasteiger charge is 2.39. The number of aromatic nitrogens is 1. The minimum absolute atomic E-state index is 0.0520. The normalized spacial score (nSPS) is 13.3. The van der Waals surface area contributed by atoms with Crippen LogP contribution in [-0.4, -0.2) is 22.7 Å². The standard InChI is InChI=1S/C27H18BrClN4O3S/c1-15-5-11-20(12-6-15)33-25(35)22(29)23(26(33)36)30-19-4-2-3-17(13-19)24(34)32-27-31-21(14-37-27)16-7-9-18(28)10-8-16/h2-14,30H,1H3,(H,31,32,34). The molecule has 1 aliphatic rings. The van der Waals surface area contributed by atoms with E-state index in [0.717, 1.165) is 26.2 Å². The Morgan fingerprint density at radius 2 is 1.73 bits per heavy atom. The number of benzene rings is 3. The number of thiazole rings is 1. The van der Waals surface area contributed by atoms with Crippen molar-refractivity contribution in [2.45, 2.75) is 6.92 Å². The molecule has 4 aromatic rings. The highest BCUT2D eigenvalue weighted by Crippen LogP contribution is 2.31. The summed E-state index contributed by atoms with van der Waals surface area (Å²) < 4.78 is 0.970. The number of hydrogen-bond donors (Lipinski definition) is 2. The second kappa shape index (κ2) is 10.3. The van der Waals surface area contributed by atoms with Crippen LogP contribution in [0.2, 0.25) is 0 Å². The summed E-state index contributed by atoms with van der Waals surface area (Å²) in [5, 5.41) is 7.82. The largest absolute Gasteiger partial charge is 0.350 e. The summed E-state index contributed by atoms with van der Waals surface area (Å²) in [6, 6.07) is 21.3. The fourth-order valence-corrected chi connectivity index (χ4v) is 4.87. The molecule has 2 heterocycles. The van der Waals surface area contributed by atoms with E-state index >= 15 is 0 Å². The van der Waals surface area contributed by atoms with Gasteiger partial charge in [-0.15, -0.1) is 11.3 Å². The molecule has 1 aromatic heterocycles. The molecule has 1 aliphatic heterocycles. The molecule has 0 unspecified atom stereocenters. The van der Waals surface area contributed by atoms with Crippen LogP contribution < -0.4 is 15.5 Å². The highest BCUT2D eigenvalue weighted by molar-refractivity contribution is 9.10. The van der Waals surface area contributed by atoms with Crippen molar-refractivity contribution in [2.75, 3.05) is 15.5 Å². The van der Waals surface area contributed by atoms with Gasteiger partial charge in [-0.25, -0.2) is 9.88 Å². The first-order valence-corrected chi connectivity index (χ1v) is 13.1. The van der Waals surface area contributed by atoms with Gasteiger partial charge in [-0.1, -0.05) is 63.4 Å². The van der Waals surface area contributed by atoms with Crippen molar-refractivity contribution in [3.8, 4) is 11.3 Å². The SMILES string of the molecule is Cc1ccc(N2C(=O)C(Cl)=C(Nc3cccc(C(=O)Nc4nc(-c5ccc(Br)cc5)cs4)c3)C2=O)cc1. The van der Waals surface area contributed by atoms with Crippen LogP contribution in [0.3, 0.4) is 0 Å². The smallest absolute Gasteiger partial charge is 0.283 e. The monoisotopic (exact) mass is 592 g/mol. The maximum Gasteiger partial charge on any atom is 0.283 e. The first kappa shape index (κ1) is 24.9. The molecule has 3 aromatic carbocycles.